The predicted octanol–water partition coefficient (Wildman–Crippen LogP) is 4.86. The van der Waals surface area contributed by atoms with Crippen molar-refractivity contribution in [2.75, 3.05) is 0 Å². The molecule has 0 radical (unpaired) electrons. The zero-order valence-electron chi connectivity index (χ0n) is 20.0. The molecule has 1 aliphatic carbocycles. The van der Waals surface area contributed by atoms with Crippen LogP contribution in [0.2, 0.25) is 4.82 Å². The average Bonchev–Trinajstić information content (AvgIpc) is 2.83. The molecule has 0 saturated heterocycles. The van der Waals surface area contributed by atoms with Crippen LogP contribution in [0.3, 0.4) is 0 Å². The standard InChI is InChI=1S/C28H38N2O2Se/c1-3-4-20-26(33-25-18-12-7-13-19-25)27(28(32)29-24-16-10-6-11-17-24)30(22(2)31)21-23-14-8-5-9-15-23/h5,7-9,12-15,18-19,24,26-27H,3-4,6,10-11,16-17,20-21H2,1-2H3,(H,29,32)/t26-,27?/m0/s1. The van der Waals surface area contributed by atoms with E-state index >= 15 is 0 Å². The first-order chi connectivity index (χ1) is 16.1. The Morgan fingerprint density at radius 2 is 1.64 bits per heavy atom. The fourth-order valence-electron chi connectivity index (χ4n) is 4.59. The second kappa shape index (κ2) is 13.6. The molecule has 2 aromatic carbocycles. The van der Waals surface area contributed by atoms with Gasteiger partial charge in [-0.05, 0) is 0 Å². The third-order valence-corrected chi connectivity index (χ3v) is 9.19. The molecule has 1 unspecified atom stereocenters. The van der Waals surface area contributed by atoms with Gasteiger partial charge in [-0.3, -0.25) is 0 Å². The van der Waals surface area contributed by atoms with E-state index in [1.165, 1.54) is 23.7 Å². The maximum absolute atomic E-state index is 13.8. The fourth-order valence-corrected chi connectivity index (χ4v) is 7.42. The van der Waals surface area contributed by atoms with Gasteiger partial charge in [0.15, 0.2) is 0 Å². The predicted molar refractivity (Wildman–Crippen MR) is 137 cm³/mol. The number of amides is 2. The van der Waals surface area contributed by atoms with Gasteiger partial charge < -0.3 is 0 Å². The van der Waals surface area contributed by atoms with Gasteiger partial charge in [-0.2, -0.15) is 0 Å². The van der Waals surface area contributed by atoms with Gasteiger partial charge in [0, 0.05) is 0 Å². The maximum atomic E-state index is 13.8. The normalized spacial score (nSPS) is 16.1. The molecule has 1 N–H and O–H groups in total. The van der Waals surface area contributed by atoms with E-state index in [4.69, 9.17) is 0 Å². The number of rotatable bonds is 11. The summed E-state index contributed by atoms with van der Waals surface area (Å²) >= 11 is 0.0926. The zero-order valence-corrected chi connectivity index (χ0v) is 21.8. The molecule has 33 heavy (non-hydrogen) atoms. The number of carbonyl (C=O) groups is 2. The Kier molecular flexibility index (Phi) is 10.5. The van der Waals surface area contributed by atoms with Gasteiger partial charge in [0.2, 0.25) is 0 Å². The minimum atomic E-state index is -0.448. The first-order valence-corrected chi connectivity index (χ1v) is 14.3. The Labute approximate surface area is 205 Å². The van der Waals surface area contributed by atoms with Gasteiger partial charge in [-0.1, -0.05) is 0 Å². The molecule has 0 heterocycles. The summed E-state index contributed by atoms with van der Waals surface area (Å²) in [6.45, 7) is 4.26. The van der Waals surface area contributed by atoms with Crippen molar-refractivity contribution in [2.24, 2.45) is 0 Å². The fraction of sp³-hybridized carbons (Fsp3) is 0.500. The molecule has 1 fully saturated rings. The monoisotopic (exact) mass is 514 g/mol. The third kappa shape index (κ3) is 8.01. The number of hydrogen-bond acceptors (Lipinski definition) is 2. The Morgan fingerprint density at radius 1 is 1.00 bits per heavy atom. The van der Waals surface area contributed by atoms with Gasteiger partial charge in [-0.25, -0.2) is 0 Å². The summed E-state index contributed by atoms with van der Waals surface area (Å²) in [5, 5.41) is 3.36. The second-order valence-electron chi connectivity index (χ2n) is 9.03. The van der Waals surface area contributed by atoms with E-state index in [1.807, 2.05) is 41.3 Å². The minimum absolute atomic E-state index is 0.0342. The summed E-state index contributed by atoms with van der Waals surface area (Å²) < 4.78 is 1.28. The third-order valence-electron chi connectivity index (χ3n) is 6.38. The molecular weight excluding hydrogens is 475 g/mol. The quantitative estimate of drug-likeness (QED) is 0.437. The topological polar surface area (TPSA) is 49.4 Å². The zero-order chi connectivity index (χ0) is 23.5. The van der Waals surface area contributed by atoms with Crippen molar-refractivity contribution >= 4 is 31.2 Å². The SMILES string of the molecule is CCCC[C@H]([Se]c1ccccc1)C(C(=O)NC1CCCCC1)N(Cc1ccccc1)C(C)=O. The van der Waals surface area contributed by atoms with Crippen molar-refractivity contribution in [3.8, 4) is 0 Å². The summed E-state index contributed by atoms with van der Waals surface area (Å²) in [6.07, 6.45) is 8.76. The van der Waals surface area contributed by atoms with Crippen LogP contribution < -0.4 is 9.78 Å². The molecule has 0 aromatic heterocycles. The summed E-state index contributed by atoms with van der Waals surface area (Å²) in [5.41, 5.74) is 1.06. The first kappa shape index (κ1) is 25.5. The van der Waals surface area contributed by atoms with Crippen molar-refractivity contribution < 1.29 is 9.59 Å². The van der Waals surface area contributed by atoms with Crippen molar-refractivity contribution in [3.05, 3.63) is 66.2 Å². The summed E-state index contributed by atoms with van der Waals surface area (Å²) in [4.78, 5) is 28.8. The summed E-state index contributed by atoms with van der Waals surface area (Å²) in [7, 11) is 0. The van der Waals surface area contributed by atoms with Crippen LogP contribution >= 0.6 is 0 Å². The van der Waals surface area contributed by atoms with Crippen molar-refractivity contribution in [1.29, 1.82) is 0 Å². The summed E-state index contributed by atoms with van der Waals surface area (Å²) in [6, 6.07) is 20.3. The number of unbranched alkanes of at least 4 members (excludes halogenated alkanes) is 1. The Bertz CT molecular complexity index is 853. The van der Waals surface area contributed by atoms with E-state index in [0.29, 0.717) is 6.54 Å². The molecule has 2 aromatic rings. The number of carbonyl (C=O) groups excluding carboxylic acids is 2. The summed E-state index contributed by atoms with van der Waals surface area (Å²) in [5.74, 6) is -0.0000484. The van der Waals surface area contributed by atoms with Crippen LogP contribution in [-0.4, -0.2) is 43.8 Å². The van der Waals surface area contributed by atoms with Crippen LogP contribution in [0.25, 0.3) is 0 Å². The molecule has 0 aliphatic heterocycles. The average molecular weight is 514 g/mol. The van der Waals surface area contributed by atoms with Crippen molar-refractivity contribution in [3.63, 3.8) is 0 Å². The molecule has 1 aliphatic rings. The molecule has 2 atom stereocenters. The van der Waals surface area contributed by atoms with Gasteiger partial charge >= 0.3 is 206 Å². The second-order valence-corrected chi connectivity index (χ2v) is 11.8. The Hall–Kier alpha value is -2.10. The Morgan fingerprint density at radius 3 is 2.24 bits per heavy atom. The Balaban J connectivity index is 1.92. The number of nitrogens with zero attached hydrogens (tertiary/aromatic N) is 1. The van der Waals surface area contributed by atoms with Gasteiger partial charge in [-0.15, -0.1) is 0 Å². The van der Waals surface area contributed by atoms with E-state index < -0.39 is 6.04 Å². The van der Waals surface area contributed by atoms with Crippen LogP contribution in [-0.2, 0) is 16.1 Å². The van der Waals surface area contributed by atoms with Crippen molar-refractivity contribution in [2.45, 2.75) is 88.7 Å². The molecular formula is C28H38N2O2Se. The van der Waals surface area contributed by atoms with Gasteiger partial charge in [0.05, 0.1) is 0 Å². The molecule has 0 bridgehead atoms. The van der Waals surface area contributed by atoms with E-state index in [-0.39, 0.29) is 37.6 Å². The van der Waals surface area contributed by atoms with Crippen molar-refractivity contribution in [1.82, 2.24) is 10.2 Å². The van der Waals surface area contributed by atoms with Gasteiger partial charge in [0.1, 0.15) is 0 Å². The number of nitrogens with one attached hydrogen (secondary N) is 1. The van der Waals surface area contributed by atoms with E-state index in [2.05, 4.69) is 36.5 Å². The van der Waals surface area contributed by atoms with Crippen LogP contribution in [0.15, 0.2) is 60.7 Å². The number of benzene rings is 2. The van der Waals surface area contributed by atoms with Gasteiger partial charge in [0.25, 0.3) is 0 Å². The molecule has 1 saturated carbocycles. The van der Waals surface area contributed by atoms with Crippen LogP contribution in [0.5, 0.6) is 0 Å². The van der Waals surface area contributed by atoms with E-state index in [1.54, 1.807) is 6.92 Å². The van der Waals surface area contributed by atoms with Crippen LogP contribution in [0.4, 0.5) is 0 Å². The first-order valence-electron chi connectivity index (χ1n) is 12.4. The molecule has 4 nitrogen and oxygen atoms in total. The van der Waals surface area contributed by atoms with Crippen LogP contribution in [0.1, 0.15) is 70.8 Å². The van der Waals surface area contributed by atoms with Crippen LogP contribution in [0, 0.1) is 0 Å². The number of hydrogen-bond donors (Lipinski definition) is 1. The van der Waals surface area contributed by atoms with E-state index in [0.717, 1.165) is 37.7 Å². The van der Waals surface area contributed by atoms with E-state index in [9.17, 15) is 9.59 Å². The molecule has 0 spiro atoms. The molecule has 2 amide bonds. The molecule has 178 valence electrons. The molecule has 3 rings (SSSR count). The molecule has 5 heteroatoms.